The Morgan fingerprint density at radius 3 is 2.57 bits per heavy atom. The first-order valence-corrected chi connectivity index (χ1v) is 9.34. The molecule has 1 saturated heterocycles. The second-order valence-corrected chi connectivity index (χ2v) is 6.96. The molecule has 1 aliphatic rings. The van der Waals surface area contributed by atoms with Crippen molar-refractivity contribution >= 4 is 11.8 Å². The van der Waals surface area contributed by atoms with Crippen molar-refractivity contribution in [2.45, 2.75) is 19.1 Å². The Balaban J connectivity index is 1.70. The van der Waals surface area contributed by atoms with Crippen LogP contribution in [0.1, 0.15) is 17.2 Å². The maximum atomic E-state index is 13.1. The number of nitrogens with zero attached hydrogens (tertiary/aromatic N) is 2. The van der Waals surface area contributed by atoms with Crippen LogP contribution in [0.4, 0.5) is 0 Å². The molecule has 1 aliphatic heterocycles. The minimum Gasteiger partial charge on any atom is -0.492 e. The van der Waals surface area contributed by atoms with E-state index in [9.17, 15) is 9.59 Å². The van der Waals surface area contributed by atoms with Gasteiger partial charge in [0, 0.05) is 14.1 Å². The van der Waals surface area contributed by atoms with Crippen molar-refractivity contribution in [1.29, 1.82) is 0 Å². The van der Waals surface area contributed by atoms with Gasteiger partial charge < -0.3 is 19.3 Å². The summed E-state index contributed by atoms with van der Waals surface area (Å²) in [6, 6.07) is 16.8. The standard InChI is InChI=1S/C22H26N2O4/c1-16-9-7-8-12-18(16)20-21(28-15-19(25)24(20)3)22(26)23(2)13-14-27-17-10-5-4-6-11-17/h4-12,20-21H,13-15H2,1-3H3/t20-,21+/m1/s1. The molecule has 3 rings (SSSR count). The molecule has 2 aromatic rings. The lowest BCUT2D eigenvalue weighted by Gasteiger charge is -2.40. The van der Waals surface area contributed by atoms with Gasteiger partial charge in [0.1, 0.15) is 19.0 Å². The number of rotatable bonds is 6. The Bertz CT molecular complexity index is 824. The fraction of sp³-hybridized carbons (Fsp3) is 0.364. The van der Waals surface area contributed by atoms with Crippen LogP contribution in [-0.4, -0.2) is 61.6 Å². The fourth-order valence-electron chi connectivity index (χ4n) is 3.35. The molecular formula is C22H26N2O4. The van der Waals surface area contributed by atoms with Crippen molar-refractivity contribution in [2.75, 3.05) is 33.9 Å². The van der Waals surface area contributed by atoms with Crippen LogP contribution in [0.2, 0.25) is 0 Å². The van der Waals surface area contributed by atoms with E-state index in [1.54, 1.807) is 23.9 Å². The maximum Gasteiger partial charge on any atom is 0.254 e. The molecule has 2 amide bonds. The van der Waals surface area contributed by atoms with Crippen LogP contribution in [-0.2, 0) is 14.3 Å². The van der Waals surface area contributed by atoms with E-state index in [-0.39, 0.29) is 18.4 Å². The normalized spacial score (nSPS) is 19.4. The topological polar surface area (TPSA) is 59.1 Å². The molecule has 6 nitrogen and oxygen atoms in total. The molecule has 0 N–H and O–H groups in total. The predicted octanol–water partition coefficient (Wildman–Crippen LogP) is 2.43. The van der Waals surface area contributed by atoms with Gasteiger partial charge in [0.15, 0.2) is 6.10 Å². The van der Waals surface area contributed by atoms with E-state index >= 15 is 0 Å². The Labute approximate surface area is 165 Å². The second-order valence-electron chi connectivity index (χ2n) is 6.96. The van der Waals surface area contributed by atoms with Crippen LogP contribution in [0, 0.1) is 6.92 Å². The summed E-state index contributed by atoms with van der Waals surface area (Å²) in [5.41, 5.74) is 1.94. The second kappa shape index (κ2) is 8.89. The summed E-state index contributed by atoms with van der Waals surface area (Å²) in [6.07, 6.45) is -0.745. The van der Waals surface area contributed by atoms with Gasteiger partial charge in [0.2, 0.25) is 5.91 Å². The van der Waals surface area contributed by atoms with Gasteiger partial charge in [-0.25, -0.2) is 0 Å². The molecule has 1 heterocycles. The molecule has 0 unspecified atom stereocenters. The minimum absolute atomic E-state index is 0.0936. The smallest absolute Gasteiger partial charge is 0.254 e. The number of benzene rings is 2. The molecule has 0 spiro atoms. The highest BCUT2D eigenvalue weighted by atomic mass is 16.5. The minimum atomic E-state index is -0.745. The van der Waals surface area contributed by atoms with E-state index in [4.69, 9.17) is 9.47 Å². The van der Waals surface area contributed by atoms with Gasteiger partial charge in [0.25, 0.3) is 5.91 Å². The lowest BCUT2D eigenvalue weighted by Crippen LogP contribution is -2.53. The Kier molecular flexibility index (Phi) is 6.31. The molecular weight excluding hydrogens is 356 g/mol. The number of morpholine rings is 1. The highest BCUT2D eigenvalue weighted by Crippen LogP contribution is 2.31. The zero-order chi connectivity index (χ0) is 20.1. The van der Waals surface area contributed by atoms with Crippen LogP contribution in [0.3, 0.4) is 0 Å². The van der Waals surface area contributed by atoms with Gasteiger partial charge >= 0.3 is 0 Å². The number of amides is 2. The maximum absolute atomic E-state index is 13.1. The lowest BCUT2D eigenvalue weighted by atomic mass is 9.93. The molecule has 0 bridgehead atoms. The highest BCUT2D eigenvalue weighted by molar-refractivity contribution is 5.86. The SMILES string of the molecule is Cc1ccccc1[C@@H]1[C@@H](C(=O)N(C)CCOc2ccccc2)OCC(=O)N1C. The molecule has 0 aromatic heterocycles. The van der Waals surface area contributed by atoms with Crippen molar-refractivity contribution in [3.05, 3.63) is 65.7 Å². The molecule has 0 radical (unpaired) electrons. The zero-order valence-corrected chi connectivity index (χ0v) is 16.5. The number of ether oxygens (including phenoxy) is 2. The van der Waals surface area contributed by atoms with Crippen LogP contribution in [0.25, 0.3) is 0 Å². The number of hydrogen-bond donors (Lipinski definition) is 0. The van der Waals surface area contributed by atoms with Crippen molar-refractivity contribution in [1.82, 2.24) is 9.80 Å². The molecule has 0 saturated carbocycles. The summed E-state index contributed by atoms with van der Waals surface area (Å²) < 4.78 is 11.4. The summed E-state index contributed by atoms with van der Waals surface area (Å²) in [4.78, 5) is 28.5. The van der Waals surface area contributed by atoms with Gasteiger partial charge in [-0.1, -0.05) is 42.5 Å². The third-order valence-electron chi connectivity index (χ3n) is 5.05. The van der Waals surface area contributed by atoms with Crippen molar-refractivity contribution < 1.29 is 19.1 Å². The molecule has 28 heavy (non-hydrogen) atoms. The Hall–Kier alpha value is -2.86. The third kappa shape index (κ3) is 4.34. The largest absolute Gasteiger partial charge is 0.492 e. The Morgan fingerprint density at radius 1 is 1.18 bits per heavy atom. The van der Waals surface area contributed by atoms with E-state index < -0.39 is 12.1 Å². The fourth-order valence-corrected chi connectivity index (χ4v) is 3.35. The van der Waals surface area contributed by atoms with Crippen molar-refractivity contribution in [3.8, 4) is 5.75 Å². The van der Waals surface area contributed by atoms with Crippen LogP contribution >= 0.6 is 0 Å². The van der Waals surface area contributed by atoms with Gasteiger partial charge in [-0.15, -0.1) is 0 Å². The first kappa shape index (κ1) is 19.9. The van der Waals surface area contributed by atoms with E-state index in [0.717, 1.165) is 16.9 Å². The van der Waals surface area contributed by atoms with Gasteiger partial charge in [-0.3, -0.25) is 9.59 Å². The van der Waals surface area contributed by atoms with Crippen LogP contribution in [0.15, 0.2) is 54.6 Å². The molecule has 2 aromatic carbocycles. The predicted molar refractivity (Wildman–Crippen MR) is 106 cm³/mol. The quantitative estimate of drug-likeness (QED) is 0.770. The van der Waals surface area contributed by atoms with E-state index in [0.29, 0.717) is 13.2 Å². The number of aryl methyl sites for hydroxylation is 1. The third-order valence-corrected chi connectivity index (χ3v) is 5.05. The molecule has 148 valence electrons. The molecule has 1 fully saturated rings. The van der Waals surface area contributed by atoms with E-state index in [1.807, 2.05) is 61.5 Å². The number of carbonyl (C=O) groups is 2. The summed E-state index contributed by atoms with van der Waals surface area (Å²) in [7, 11) is 3.45. The highest BCUT2D eigenvalue weighted by Gasteiger charge is 2.41. The molecule has 6 heteroatoms. The zero-order valence-electron chi connectivity index (χ0n) is 16.5. The van der Waals surface area contributed by atoms with E-state index in [1.165, 1.54) is 0 Å². The van der Waals surface area contributed by atoms with Crippen molar-refractivity contribution in [3.63, 3.8) is 0 Å². The summed E-state index contributed by atoms with van der Waals surface area (Å²) in [6.45, 7) is 2.68. The summed E-state index contributed by atoms with van der Waals surface area (Å²) in [5, 5.41) is 0. The average molecular weight is 382 g/mol. The first-order chi connectivity index (χ1) is 13.5. The van der Waals surface area contributed by atoms with Gasteiger partial charge in [-0.05, 0) is 30.2 Å². The summed E-state index contributed by atoms with van der Waals surface area (Å²) >= 11 is 0. The van der Waals surface area contributed by atoms with Crippen LogP contribution in [0.5, 0.6) is 5.75 Å². The molecule has 2 atom stereocenters. The summed E-state index contributed by atoms with van der Waals surface area (Å²) in [5.74, 6) is 0.469. The van der Waals surface area contributed by atoms with Crippen LogP contribution < -0.4 is 4.74 Å². The van der Waals surface area contributed by atoms with Gasteiger partial charge in [-0.2, -0.15) is 0 Å². The monoisotopic (exact) mass is 382 g/mol. The lowest BCUT2D eigenvalue weighted by molar-refractivity contribution is -0.166. The molecule has 0 aliphatic carbocycles. The Morgan fingerprint density at radius 2 is 1.86 bits per heavy atom. The number of hydrogen-bond acceptors (Lipinski definition) is 4. The van der Waals surface area contributed by atoms with Crippen molar-refractivity contribution in [2.24, 2.45) is 0 Å². The van der Waals surface area contributed by atoms with E-state index in [2.05, 4.69) is 0 Å². The van der Waals surface area contributed by atoms with Gasteiger partial charge in [0.05, 0.1) is 12.6 Å². The number of para-hydroxylation sites is 1. The first-order valence-electron chi connectivity index (χ1n) is 9.34. The number of likely N-dealkylation sites (N-methyl/N-ethyl adjacent to an activating group) is 2. The number of carbonyl (C=O) groups excluding carboxylic acids is 2. The average Bonchev–Trinajstić information content (AvgIpc) is 2.71.